The molecule has 0 aliphatic carbocycles. The van der Waals surface area contributed by atoms with Crippen molar-refractivity contribution in [3.8, 4) is 0 Å². The van der Waals surface area contributed by atoms with Gasteiger partial charge in [-0.1, -0.05) is 6.58 Å². The third kappa shape index (κ3) is 1.44. The van der Waals surface area contributed by atoms with Crippen molar-refractivity contribution in [1.29, 1.82) is 0 Å². The van der Waals surface area contributed by atoms with Crippen LogP contribution in [0.1, 0.15) is 12.8 Å². The Balaban J connectivity index is 2.14. The molecule has 0 spiro atoms. The van der Waals surface area contributed by atoms with Crippen LogP contribution in [-0.2, 0) is 0 Å². The second-order valence-corrected chi connectivity index (χ2v) is 3.18. The van der Waals surface area contributed by atoms with Gasteiger partial charge in [-0.15, -0.1) is 11.8 Å². The Bertz CT molecular complexity index is 76.6. The summed E-state index contributed by atoms with van der Waals surface area (Å²) in [5.41, 5.74) is 0. The fourth-order valence-corrected chi connectivity index (χ4v) is 1.98. The molecule has 46 valence electrons. The van der Waals surface area contributed by atoms with Gasteiger partial charge in [0.15, 0.2) is 0 Å². The van der Waals surface area contributed by atoms with Crippen LogP contribution in [0.15, 0.2) is 12.8 Å². The maximum Gasteiger partial charge on any atom is 0.0717 e. The Morgan fingerprint density at radius 3 is 3.12 bits per heavy atom. The summed E-state index contributed by atoms with van der Waals surface area (Å²) in [5.74, 6) is 1.31. The van der Waals surface area contributed by atoms with Gasteiger partial charge in [0.25, 0.3) is 0 Å². The Morgan fingerprint density at radius 2 is 2.62 bits per heavy atom. The van der Waals surface area contributed by atoms with E-state index in [2.05, 4.69) is 11.9 Å². The minimum atomic E-state index is 0.660. The van der Waals surface area contributed by atoms with Gasteiger partial charge in [0.1, 0.15) is 0 Å². The van der Waals surface area contributed by atoms with Gasteiger partial charge in [-0.25, -0.2) is 0 Å². The fourth-order valence-electron chi connectivity index (χ4n) is 0.841. The highest BCUT2D eigenvalue weighted by molar-refractivity contribution is 8.00. The number of hydrogen-bond acceptors (Lipinski definition) is 2. The van der Waals surface area contributed by atoms with E-state index in [1.54, 1.807) is 6.20 Å². The van der Waals surface area contributed by atoms with E-state index in [4.69, 9.17) is 0 Å². The first-order chi connectivity index (χ1) is 3.93. The van der Waals surface area contributed by atoms with E-state index >= 15 is 0 Å². The molecule has 0 bridgehead atoms. The van der Waals surface area contributed by atoms with Crippen molar-refractivity contribution in [1.82, 2.24) is 5.32 Å². The van der Waals surface area contributed by atoms with Gasteiger partial charge in [0.2, 0.25) is 0 Å². The Hall–Kier alpha value is -0.110. The molecule has 1 rings (SSSR count). The lowest BCUT2D eigenvalue weighted by Gasteiger charge is -2.05. The van der Waals surface area contributed by atoms with E-state index in [1.807, 2.05) is 11.8 Å². The highest BCUT2D eigenvalue weighted by Crippen LogP contribution is 2.23. The van der Waals surface area contributed by atoms with E-state index in [0.29, 0.717) is 5.37 Å². The lowest BCUT2D eigenvalue weighted by atomic mass is 10.3. The standard InChI is InChI=1S/C6H11NS/c1-2-7-6-4-3-5-8-6/h2,6-7H,1,3-5H2. The lowest BCUT2D eigenvalue weighted by molar-refractivity contribution is 0.727. The van der Waals surface area contributed by atoms with Crippen molar-refractivity contribution in [2.45, 2.75) is 18.2 Å². The van der Waals surface area contributed by atoms with Crippen LogP contribution in [-0.4, -0.2) is 11.1 Å². The van der Waals surface area contributed by atoms with Crippen LogP contribution in [0, 0.1) is 0 Å². The van der Waals surface area contributed by atoms with Crippen LogP contribution < -0.4 is 5.32 Å². The van der Waals surface area contributed by atoms with E-state index in [-0.39, 0.29) is 0 Å². The summed E-state index contributed by atoms with van der Waals surface area (Å²) in [6.45, 7) is 3.60. The smallest absolute Gasteiger partial charge is 0.0717 e. The summed E-state index contributed by atoms with van der Waals surface area (Å²) in [5, 5.41) is 3.83. The van der Waals surface area contributed by atoms with Crippen LogP contribution in [0.5, 0.6) is 0 Å². The molecule has 0 amide bonds. The van der Waals surface area contributed by atoms with Crippen molar-refractivity contribution < 1.29 is 0 Å². The molecule has 1 aliphatic heterocycles. The Labute approximate surface area is 54.5 Å². The van der Waals surface area contributed by atoms with E-state index in [0.717, 1.165) is 0 Å². The summed E-state index contributed by atoms with van der Waals surface area (Å²) < 4.78 is 0. The van der Waals surface area contributed by atoms with Gasteiger partial charge in [-0.3, -0.25) is 0 Å². The van der Waals surface area contributed by atoms with Crippen LogP contribution in [0.2, 0.25) is 0 Å². The van der Waals surface area contributed by atoms with Gasteiger partial charge < -0.3 is 5.32 Å². The molecule has 1 fully saturated rings. The maximum atomic E-state index is 3.60. The zero-order valence-corrected chi connectivity index (χ0v) is 5.71. The van der Waals surface area contributed by atoms with Gasteiger partial charge in [-0.05, 0) is 24.8 Å². The molecule has 0 saturated carbocycles. The zero-order valence-electron chi connectivity index (χ0n) is 4.89. The van der Waals surface area contributed by atoms with E-state index < -0.39 is 0 Å². The van der Waals surface area contributed by atoms with Gasteiger partial charge in [-0.2, -0.15) is 0 Å². The first-order valence-electron chi connectivity index (χ1n) is 2.92. The minimum absolute atomic E-state index is 0.660. The first-order valence-corrected chi connectivity index (χ1v) is 3.97. The molecule has 8 heavy (non-hydrogen) atoms. The molecule has 0 radical (unpaired) electrons. The van der Waals surface area contributed by atoms with Crippen molar-refractivity contribution in [2.75, 3.05) is 5.75 Å². The summed E-state index contributed by atoms with van der Waals surface area (Å²) in [7, 11) is 0. The Kier molecular flexibility index (Phi) is 2.27. The predicted molar refractivity (Wildman–Crippen MR) is 38.8 cm³/mol. The highest BCUT2D eigenvalue weighted by Gasteiger charge is 2.11. The van der Waals surface area contributed by atoms with Crippen molar-refractivity contribution in [3.63, 3.8) is 0 Å². The molecule has 1 saturated heterocycles. The average molecular weight is 129 g/mol. The third-order valence-corrected chi connectivity index (χ3v) is 2.53. The normalized spacial score (nSPS) is 27.8. The van der Waals surface area contributed by atoms with Crippen LogP contribution in [0.4, 0.5) is 0 Å². The molecular weight excluding hydrogens is 118 g/mol. The highest BCUT2D eigenvalue weighted by atomic mass is 32.2. The van der Waals surface area contributed by atoms with E-state index in [9.17, 15) is 0 Å². The third-order valence-electron chi connectivity index (χ3n) is 1.23. The zero-order chi connectivity index (χ0) is 5.82. The van der Waals surface area contributed by atoms with Gasteiger partial charge in [0.05, 0.1) is 5.37 Å². The van der Waals surface area contributed by atoms with Crippen molar-refractivity contribution in [3.05, 3.63) is 12.8 Å². The topological polar surface area (TPSA) is 12.0 Å². The van der Waals surface area contributed by atoms with Crippen molar-refractivity contribution >= 4 is 11.8 Å². The van der Waals surface area contributed by atoms with Gasteiger partial charge >= 0.3 is 0 Å². The number of nitrogens with one attached hydrogen (secondary N) is 1. The summed E-state index contributed by atoms with van der Waals surface area (Å²) in [4.78, 5) is 0. The predicted octanol–water partition coefficient (Wildman–Crippen LogP) is 1.57. The summed E-state index contributed by atoms with van der Waals surface area (Å²) >= 11 is 1.98. The quantitative estimate of drug-likeness (QED) is 0.607. The lowest BCUT2D eigenvalue weighted by Crippen LogP contribution is -2.15. The molecule has 2 heteroatoms. The molecule has 1 unspecified atom stereocenters. The van der Waals surface area contributed by atoms with Crippen LogP contribution in [0.3, 0.4) is 0 Å². The van der Waals surface area contributed by atoms with Gasteiger partial charge in [0, 0.05) is 0 Å². The largest absolute Gasteiger partial charge is 0.380 e. The second-order valence-electron chi connectivity index (χ2n) is 1.87. The maximum absolute atomic E-state index is 3.60. The van der Waals surface area contributed by atoms with E-state index in [1.165, 1.54) is 18.6 Å². The molecule has 1 nitrogen and oxygen atoms in total. The van der Waals surface area contributed by atoms with Crippen LogP contribution in [0.25, 0.3) is 0 Å². The molecule has 1 heterocycles. The fraction of sp³-hybridized carbons (Fsp3) is 0.667. The molecule has 0 aromatic carbocycles. The molecule has 1 aliphatic rings. The Morgan fingerprint density at radius 1 is 1.75 bits per heavy atom. The number of rotatable bonds is 2. The molecule has 0 aromatic heterocycles. The molecule has 1 N–H and O–H groups in total. The monoisotopic (exact) mass is 129 g/mol. The van der Waals surface area contributed by atoms with Crippen molar-refractivity contribution in [2.24, 2.45) is 0 Å². The molecule has 1 atom stereocenters. The second kappa shape index (κ2) is 3.02. The number of hydrogen-bond donors (Lipinski definition) is 1. The SMILES string of the molecule is C=CNC1CCCS1. The number of thioether (sulfide) groups is 1. The summed E-state index contributed by atoms with van der Waals surface area (Å²) in [6, 6.07) is 0. The average Bonchev–Trinajstić information content (AvgIpc) is 2.19. The molecule has 0 aromatic rings. The minimum Gasteiger partial charge on any atom is -0.380 e. The molecular formula is C6H11NS. The van der Waals surface area contributed by atoms with Crippen LogP contribution >= 0.6 is 11.8 Å². The first kappa shape index (κ1) is 6.02. The summed E-state index contributed by atoms with van der Waals surface area (Å²) in [6.07, 6.45) is 4.44.